The van der Waals surface area contributed by atoms with Gasteiger partial charge in [-0.15, -0.1) is 11.8 Å². The molecule has 1 aliphatic rings. The third-order valence-corrected chi connectivity index (χ3v) is 4.44. The van der Waals surface area contributed by atoms with Gasteiger partial charge in [0, 0.05) is 19.1 Å². The third kappa shape index (κ3) is 2.91. The lowest BCUT2D eigenvalue weighted by molar-refractivity contribution is 0.133. The zero-order valence-electron chi connectivity index (χ0n) is 11.8. The molecule has 0 aromatic carbocycles. The normalized spacial score (nSPS) is 18.6. The molecule has 10 heteroatoms. The van der Waals surface area contributed by atoms with Gasteiger partial charge in [0.15, 0.2) is 5.65 Å². The first-order chi connectivity index (χ1) is 10.6. The molecule has 3 N–H and O–H groups in total. The lowest BCUT2D eigenvalue weighted by Gasteiger charge is -2.31. The lowest BCUT2D eigenvalue weighted by Crippen LogP contribution is -2.44. The first kappa shape index (κ1) is 15.2. The Bertz CT molecular complexity index is 708. The molecule has 3 heterocycles. The van der Waals surface area contributed by atoms with Gasteiger partial charge in [-0.3, -0.25) is 5.10 Å². The number of aromatic amines is 1. The molecule has 8 nitrogen and oxygen atoms in total. The summed E-state index contributed by atoms with van der Waals surface area (Å²) in [6, 6.07) is -0.0105. The predicted molar refractivity (Wildman–Crippen MR) is 84.7 cm³/mol. The van der Waals surface area contributed by atoms with E-state index in [0.29, 0.717) is 24.6 Å². The molecule has 1 amide bonds. The Balaban J connectivity index is 1.89. The summed E-state index contributed by atoms with van der Waals surface area (Å²) in [6.07, 6.45) is 2.71. The highest BCUT2D eigenvalue weighted by atomic mass is 35.5. The maximum absolute atomic E-state index is 11.1. The highest BCUT2D eigenvalue weighted by molar-refractivity contribution is 7.98. The minimum Gasteiger partial charge on any atom is -0.465 e. The zero-order chi connectivity index (χ0) is 15.7. The molecule has 1 fully saturated rings. The maximum atomic E-state index is 11.1. The fourth-order valence-corrected chi connectivity index (χ4v) is 3.29. The van der Waals surface area contributed by atoms with Crippen LogP contribution in [0.1, 0.15) is 12.8 Å². The summed E-state index contributed by atoms with van der Waals surface area (Å²) in [5.74, 6) is 0.588. The molecule has 0 saturated carbocycles. The van der Waals surface area contributed by atoms with Gasteiger partial charge in [-0.1, -0.05) is 0 Å². The van der Waals surface area contributed by atoms with Crippen LogP contribution in [-0.2, 0) is 0 Å². The van der Waals surface area contributed by atoms with Gasteiger partial charge in [-0.25, -0.2) is 4.79 Å². The van der Waals surface area contributed by atoms with Crippen LogP contribution < -0.4 is 5.32 Å². The van der Waals surface area contributed by atoms with Gasteiger partial charge in [0.25, 0.3) is 0 Å². The molecule has 22 heavy (non-hydrogen) atoms. The van der Waals surface area contributed by atoms with Crippen LogP contribution in [0.15, 0.2) is 5.03 Å². The number of carbonyl (C=O) groups is 1. The zero-order valence-corrected chi connectivity index (χ0v) is 13.4. The van der Waals surface area contributed by atoms with Crippen molar-refractivity contribution < 1.29 is 9.90 Å². The Labute approximate surface area is 135 Å². The van der Waals surface area contributed by atoms with Crippen molar-refractivity contribution in [3.63, 3.8) is 0 Å². The first-order valence-corrected chi connectivity index (χ1v) is 8.38. The molecule has 0 aliphatic carbocycles. The summed E-state index contributed by atoms with van der Waals surface area (Å²) >= 11 is 7.43. The molecule has 118 valence electrons. The SMILES string of the molecule is CSc1n[nH]c2nc(Cl)nc(NC3CCCN(C(=O)O)C3)c12. The number of thioether (sulfide) groups is 1. The van der Waals surface area contributed by atoms with E-state index in [1.165, 1.54) is 16.7 Å². The van der Waals surface area contributed by atoms with E-state index in [9.17, 15) is 4.79 Å². The largest absolute Gasteiger partial charge is 0.465 e. The summed E-state index contributed by atoms with van der Waals surface area (Å²) in [4.78, 5) is 20.9. The van der Waals surface area contributed by atoms with Gasteiger partial charge in [0.2, 0.25) is 5.28 Å². The second-order valence-corrected chi connectivity index (χ2v) is 6.14. The molecule has 0 spiro atoms. The topological polar surface area (TPSA) is 107 Å². The highest BCUT2D eigenvalue weighted by Crippen LogP contribution is 2.30. The molecule has 1 saturated heterocycles. The molecule has 1 aliphatic heterocycles. The van der Waals surface area contributed by atoms with E-state index in [-0.39, 0.29) is 11.3 Å². The van der Waals surface area contributed by atoms with E-state index in [1.54, 1.807) is 0 Å². The van der Waals surface area contributed by atoms with Crippen LogP contribution in [0.4, 0.5) is 10.6 Å². The Morgan fingerprint density at radius 1 is 1.55 bits per heavy atom. The smallest absolute Gasteiger partial charge is 0.407 e. The van der Waals surface area contributed by atoms with E-state index in [0.717, 1.165) is 23.3 Å². The van der Waals surface area contributed by atoms with Crippen LogP contribution in [0.3, 0.4) is 0 Å². The number of H-pyrrole nitrogens is 1. The van der Waals surface area contributed by atoms with Crippen LogP contribution in [0, 0.1) is 0 Å². The van der Waals surface area contributed by atoms with Crippen molar-refractivity contribution in [2.75, 3.05) is 24.7 Å². The number of halogens is 1. The number of piperidine rings is 1. The summed E-state index contributed by atoms with van der Waals surface area (Å²) in [5.41, 5.74) is 0.567. The number of hydrogen-bond acceptors (Lipinski definition) is 6. The molecule has 1 atom stereocenters. The molecular weight excluding hydrogens is 328 g/mol. The van der Waals surface area contributed by atoms with Gasteiger partial charge in [-0.05, 0) is 30.7 Å². The molecule has 2 aromatic heterocycles. The average molecular weight is 343 g/mol. The number of likely N-dealkylation sites (tertiary alicyclic amines) is 1. The van der Waals surface area contributed by atoms with Gasteiger partial charge in [0.1, 0.15) is 10.8 Å². The quantitative estimate of drug-likeness (QED) is 0.580. The van der Waals surface area contributed by atoms with Crippen LogP contribution in [0.2, 0.25) is 5.28 Å². The average Bonchev–Trinajstić information content (AvgIpc) is 2.90. The van der Waals surface area contributed by atoms with Crippen molar-refractivity contribution in [1.29, 1.82) is 0 Å². The van der Waals surface area contributed by atoms with E-state index in [2.05, 4.69) is 25.5 Å². The number of rotatable bonds is 3. The molecule has 0 radical (unpaired) electrons. The van der Waals surface area contributed by atoms with E-state index in [1.807, 2.05) is 6.26 Å². The van der Waals surface area contributed by atoms with Gasteiger partial charge in [0.05, 0.1) is 5.39 Å². The fourth-order valence-electron chi connectivity index (χ4n) is 2.59. The van der Waals surface area contributed by atoms with Gasteiger partial charge in [-0.2, -0.15) is 15.1 Å². The molecular formula is C12H15ClN6O2S. The Morgan fingerprint density at radius 2 is 2.36 bits per heavy atom. The van der Waals surface area contributed by atoms with Crippen LogP contribution in [-0.4, -0.2) is 61.7 Å². The monoisotopic (exact) mass is 342 g/mol. The number of aromatic nitrogens is 4. The van der Waals surface area contributed by atoms with Crippen molar-refractivity contribution >= 4 is 46.3 Å². The minimum atomic E-state index is -0.898. The van der Waals surface area contributed by atoms with E-state index < -0.39 is 6.09 Å². The van der Waals surface area contributed by atoms with E-state index in [4.69, 9.17) is 16.7 Å². The van der Waals surface area contributed by atoms with Crippen LogP contribution in [0.5, 0.6) is 0 Å². The second kappa shape index (κ2) is 6.17. The van der Waals surface area contributed by atoms with Crippen molar-refractivity contribution in [2.45, 2.75) is 23.9 Å². The Kier molecular flexibility index (Phi) is 4.25. The van der Waals surface area contributed by atoms with Crippen LogP contribution >= 0.6 is 23.4 Å². The molecule has 1 unspecified atom stereocenters. The van der Waals surface area contributed by atoms with Crippen LogP contribution in [0.25, 0.3) is 11.0 Å². The minimum absolute atomic E-state index is 0.0105. The van der Waals surface area contributed by atoms with E-state index >= 15 is 0 Å². The van der Waals surface area contributed by atoms with Crippen molar-refractivity contribution in [3.05, 3.63) is 5.28 Å². The highest BCUT2D eigenvalue weighted by Gasteiger charge is 2.25. The number of nitrogens with zero attached hydrogens (tertiary/aromatic N) is 4. The second-order valence-electron chi connectivity index (χ2n) is 5.01. The summed E-state index contributed by atoms with van der Waals surface area (Å²) in [5, 5.41) is 21.1. The fraction of sp³-hybridized carbons (Fsp3) is 0.500. The predicted octanol–water partition coefficient (Wildman–Crippen LogP) is 2.28. The number of anilines is 1. The first-order valence-electron chi connectivity index (χ1n) is 6.78. The standard InChI is InChI=1S/C12H15ClN6O2S/c1-22-10-7-8(15-11(13)16-9(7)17-18-10)14-6-3-2-4-19(5-6)12(20)21/h6H,2-5H2,1H3,(H,20,21)(H2,14,15,16,17,18). The van der Waals surface area contributed by atoms with Crippen molar-refractivity contribution in [1.82, 2.24) is 25.1 Å². The number of carboxylic acid groups (broad SMARTS) is 1. The molecule has 3 rings (SSSR count). The maximum Gasteiger partial charge on any atom is 0.407 e. The van der Waals surface area contributed by atoms with Crippen molar-refractivity contribution in [3.8, 4) is 0 Å². The summed E-state index contributed by atoms with van der Waals surface area (Å²) < 4.78 is 0. The summed E-state index contributed by atoms with van der Waals surface area (Å²) in [6.45, 7) is 0.986. The third-order valence-electron chi connectivity index (χ3n) is 3.59. The number of amides is 1. The number of hydrogen-bond donors (Lipinski definition) is 3. The van der Waals surface area contributed by atoms with Gasteiger partial charge < -0.3 is 15.3 Å². The Morgan fingerprint density at radius 3 is 3.09 bits per heavy atom. The van der Waals surface area contributed by atoms with Crippen molar-refractivity contribution in [2.24, 2.45) is 0 Å². The molecule has 0 bridgehead atoms. The summed E-state index contributed by atoms with van der Waals surface area (Å²) in [7, 11) is 0. The lowest BCUT2D eigenvalue weighted by atomic mass is 10.1. The number of nitrogens with one attached hydrogen (secondary N) is 2. The molecule has 2 aromatic rings. The van der Waals surface area contributed by atoms with Gasteiger partial charge >= 0.3 is 6.09 Å². The number of fused-ring (bicyclic) bond motifs is 1. The Hall–Kier alpha value is -1.74.